The minimum atomic E-state index is -0.998. The molecule has 2 aromatic carbocycles. The topological polar surface area (TPSA) is 49.4 Å². The van der Waals surface area contributed by atoms with Crippen LogP contribution >= 0.6 is 23.4 Å². The number of nitrogens with one attached hydrogen (secondary N) is 1. The standard InChI is InChI=1S/C17H12ClFN2O2S/c18-11-9-10(5-6-12(11)19)20-16(23)17-8-7-15(22)21(17)13-3-1-2-4-14(13)24-17/h1-6,9H,7-8H2,(H,20,23)/t17-/m1/s1. The average molecular weight is 363 g/mol. The second-order valence-electron chi connectivity index (χ2n) is 5.67. The van der Waals surface area contributed by atoms with Gasteiger partial charge in [-0.1, -0.05) is 35.5 Å². The number of hydrogen-bond acceptors (Lipinski definition) is 3. The summed E-state index contributed by atoms with van der Waals surface area (Å²) in [6, 6.07) is 11.5. The van der Waals surface area contributed by atoms with Gasteiger partial charge in [-0.25, -0.2) is 4.39 Å². The highest BCUT2D eigenvalue weighted by Gasteiger charge is 2.57. The fourth-order valence-electron chi connectivity index (χ4n) is 3.10. The van der Waals surface area contributed by atoms with Crippen molar-refractivity contribution in [1.29, 1.82) is 0 Å². The molecule has 122 valence electrons. The van der Waals surface area contributed by atoms with Gasteiger partial charge in [0.2, 0.25) is 5.91 Å². The molecule has 1 saturated heterocycles. The van der Waals surface area contributed by atoms with Gasteiger partial charge in [-0.15, -0.1) is 0 Å². The molecule has 1 fully saturated rings. The number of fused-ring (bicyclic) bond motifs is 3. The molecule has 4 rings (SSSR count). The molecule has 24 heavy (non-hydrogen) atoms. The fraction of sp³-hybridized carbons (Fsp3) is 0.176. The van der Waals surface area contributed by atoms with Crippen molar-refractivity contribution in [3.05, 3.63) is 53.3 Å². The van der Waals surface area contributed by atoms with Gasteiger partial charge in [-0.2, -0.15) is 0 Å². The van der Waals surface area contributed by atoms with Crippen molar-refractivity contribution < 1.29 is 14.0 Å². The molecule has 1 N–H and O–H groups in total. The van der Waals surface area contributed by atoms with Crippen molar-refractivity contribution in [3.63, 3.8) is 0 Å². The lowest BCUT2D eigenvalue weighted by Gasteiger charge is -2.29. The zero-order valence-electron chi connectivity index (χ0n) is 12.4. The van der Waals surface area contributed by atoms with E-state index < -0.39 is 10.7 Å². The largest absolute Gasteiger partial charge is 0.323 e. The highest BCUT2D eigenvalue weighted by molar-refractivity contribution is 8.02. The Hall–Kier alpha value is -2.05. The first-order valence-electron chi connectivity index (χ1n) is 7.39. The Morgan fingerprint density at radius 3 is 2.88 bits per heavy atom. The molecular formula is C17H12ClFN2O2S. The first kappa shape index (κ1) is 15.5. The van der Waals surface area contributed by atoms with Crippen LogP contribution in [0.4, 0.5) is 15.8 Å². The quantitative estimate of drug-likeness (QED) is 0.876. The maximum atomic E-state index is 13.3. The normalized spacial score (nSPS) is 21.6. The predicted molar refractivity (Wildman–Crippen MR) is 91.8 cm³/mol. The van der Waals surface area contributed by atoms with Gasteiger partial charge in [0, 0.05) is 17.0 Å². The van der Waals surface area contributed by atoms with E-state index in [4.69, 9.17) is 11.6 Å². The summed E-state index contributed by atoms with van der Waals surface area (Å²) in [4.78, 5) is 26.8. The highest BCUT2D eigenvalue weighted by Crippen LogP contribution is 2.56. The van der Waals surface area contributed by atoms with E-state index in [0.717, 1.165) is 10.6 Å². The van der Waals surface area contributed by atoms with E-state index in [2.05, 4.69) is 5.32 Å². The Kier molecular flexibility index (Phi) is 3.54. The average Bonchev–Trinajstić information content (AvgIpc) is 3.07. The summed E-state index contributed by atoms with van der Waals surface area (Å²) < 4.78 is 13.3. The summed E-state index contributed by atoms with van der Waals surface area (Å²) in [5.74, 6) is -0.926. The molecule has 4 nitrogen and oxygen atoms in total. The van der Waals surface area contributed by atoms with E-state index in [1.54, 1.807) is 4.90 Å². The summed E-state index contributed by atoms with van der Waals surface area (Å²) in [6.07, 6.45) is 0.741. The molecule has 2 aliphatic rings. The minimum Gasteiger partial charge on any atom is -0.323 e. The zero-order chi connectivity index (χ0) is 16.9. The number of nitrogens with zero attached hydrogens (tertiary/aromatic N) is 1. The first-order valence-corrected chi connectivity index (χ1v) is 8.58. The van der Waals surface area contributed by atoms with Gasteiger partial charge >= 0.3 is 0 Å². The van der Waals surface area contributed by atoms with Crippen LogP contribution in [0.5, 0.6) is 0 Å². The van der Waals surface area contributed by atoms with E-state index in [1.807, 2.05) is 24.3 Å². The Balaban J connectivity index is 1.68. The number of anilines is 2. The number of halogens is 2. The molecular weight excluding hydrogens is 351 g/mol. The van der Waals surface area contributed by atoms with E-state index in [9.17, 15) is 14.0 Å². The molecule has 0 bridgehead atoms. The summed E-state index contributed by atoms with van der Waals surface area (Å²) in [5.41, 5.74) is 1.16. The fourth-order valence-corrected chi connectivity index (χ4v) is 4.70. The molecule has 2 heterocycles. The van der Waals surface area contributed by atoms with Crippen molar-refractivity contribution in [2.75, 3.05) is 10.2 Å². The minimum absolute atomic E-state index is 0.0629. The smallest absolute Gasteiger partial charge is 0.261 e. The molecule has 0 radical (unpaired) electrons. The van der Waals surface area contributed by atoms with Crippen LogP contribution in [0, 0.1) is 5.82 Å². The van der Waals surface area contributed by atoms with E-state index in [1.165, 1.54) is 30.0 Å². The lowest BCUT2D eigenvalue weighted by Crippen LogP contribution is -2.49. The van der Waals surface area contributed by atoms with Crippen LogP contribution < -0.4 is 10.2 Å². The third kappa shape index (κ3) is 2.21. The molecule has 0 spiro atoms. The number of para-hydroxylation sites is 1. The molecule has 2 aromatic rings. The molecule has 0 saturated carbocycles. The second-order valence-corrected chi connectivity index (χ2v) is 7.39. The molecule has 2 aliphatic heterocycles. The van der Waals surface area contributed by atoms with Crippen molar-refractivity contribution in [2.45, 2.75) is 22.6 Å². The molecule has 0 aromatic heterocycles. The molecule has 0 unspecified atom stereocenters. The Labute approximate surface area is 147 Å². The first-order chi connectivity index (χ1) is 11.5. The summed E-state index contributed by atoms with van der Waals surface area (Å²) in [7, 11) is 0. The lowest BCUT2D eigenvalue weighted by molar-refractivity contribution is -0.121. The van der Waals surface area contributed by atoms with E-state index in [0.29, 0.717) is 18.5 Å². The van der Waals surface area contributed by atoms with Gasteiger partial charge in [0.05, 0.1) is 10.7 Å². The van der Waals surface area contributed by atoms with E-state index in [-0.39, 0.29) is 16.8 Å². The Morgan fingerprint density at radius 2 is 2.08 bits per heavy atom. The van der Waals surface area contributed by atoms with Gasteiger partial charge in [-0.3, -0.25) is 14.5 Å². The van der Waals surface area contributed by atoms with Crippen LogP contribution in [0.15, 0.2) is 47.4 Å². The van der Waals surface area contributed by atoms with Crippen molar-refractivity contribution in [3.8, 4) is 0 Å². The number of rotatable bonds is 2. The summed E-state index contributed by atoms with van der Waals surface area (Å²) in [6.45, 7) is 0. The van der Waals surface area contributed by atoms with Crippen LogP contribution in [0.3, 0.4) is 0 Å². The summed E-state index contributed by atoms with van der Waals surface area (Å²) in [5, 5.41) is 2.70. The van der Waals surface area contributed by atoms with Crippen LogP contribution in [0.2, 0.25) is 5.02 Å². The Morgan fingerprint density at radius 1 is 1.29 bits per heavy atom. The number of thioether (sulfide) groups is 1. The van der Waals surface area contributed by atoms with Gasteiger partial charge in [0.15, 0.2) is 4.87 Å². The van der Waals surface area contributed by atoms with Crippen molar-refractivity contribution in [2.24, 2.45) is 0 Å². The second kappa shape index (κ2) is 5.50. The van der Waals surface area contributed by atoms with Crippen LogP contribution in [-0.2, 0) is 9.59 Å². The van der Waals surface area contributed by atoms with Crippen LogP contribution in [0.1, 0.15) is 12.8 Å². The number of benzene rings is 2. The molecule has 0 aliphatic carbocycles. The van der Waals surface area contributed by atoms with Crippen molar-refractivity contribution in [1.82, 2.24) is 0 Å². The van der Waals surface area contributed by atoms with Crippen molar-refractivity contribution >= 4 is 46.6 Å². The number of carbonyl (C=O) groups excluding carboxylic acids is 2. The third-order valence-corrected chi connectivity index (χ3v) is 5.97. The van der Waals surface area contributed by atoms with Crippen LogP contribution in [0.25, 0.3) is 0 Å². The lowest BCUT2D eigenvalue weighted by atomic mass is 10.1. The van der Waals surface area contributed by atoms with Gasteiger partial charge < -0.3 is 5.32 Å². The molecule has 7 heteroatoms. The number of carbonyl (C=O) groups is 2. The Bertz CT molecular complexity index is 875. The number of amides is 2. The van der Waals surface area contributed by atoms with Gasteiger partial charge in [0.25, 0.3) is 5.91 Å². The molecule has 2 amide bonds. The third-order valence-electron chi connectivity index (χ3n) is 4.21. The SMILES string of the molecule is O=C1CC[C@]2(C(=O)Nc3ccc(F)c(Cl)c3)Sc3ccccc3N12. The maximum absolute atomic E-state index is 13.3. The zero-order valence-corrected chi connectivity index (χ0v) is 14.0. The maximum Gasteiger partial charge on any atom is 0.261 e. The monoisotopic (exact) mass is 362 g/mol. The summed E-state index contributed by atoms with van der Waals surface area (Å²) >= 11 is 7.15. The van der Waals surface area contributed by atoms with E-state index >= 15 is 0 Å². The number of hydrogen-bond donors (Lipinski definition) is 1. The van der Waals surface area contributed by atoms with Gasteiger partial charge in [0.1, 0.15) is 5.82 Å². The predicted octanol–water partition coefficient (Wildman–Crippen LogP) is 4.05. The molecule has 1 atom stereocenters. The van der Waals surface area contributed by atoms with Crippen LogP contribution in [-0.4, -0.2) is 16.7 Å². The van der Waals surface area contributed by atoms with Gasteiger partial charge in [-0.05, 0) is 36.8 Å². The highest BCUT2D eigenvalue weighted by atomic mass is 35.5.